The first-order valence-corrected chi connectivity index (χ1v) is 5.27. The molecule has 0 spiro atoms. The van der Waals surface area contributed by atoms with E-state index in [4.69, 9.17) is 4.74 Å². The summed E-state index contributed by atoms with van der Waals surface area (Å²) in [4.78, 5) is 13.1. The molecule has 0 aliphatic carbocycles. The summed E-state index contributed by atoms with van der Waals surface area (Å²) >= 11 is 0. The van der Waals surface area contributed by atoms with E-state index < -0.39 is 0 Å². The van der Waals surface area contributed by atoms with Gasteiger partial charge in [-0.25, -0.2) is 0 Å². The fourth-order valence-electron chi connectivity index (χ4n) is 1.35. The van der Waals surface area contributed by atoms with E-state index in [0.29, 0.717) is 12.3 Å². The maximum Gasteiger partial charge on any atom is 0.131 e. The van der Waals surface area contributed by atoms with Crippen molar-refractivity contribution in [2.75, 3.05) is 33.4 Å². The SMILES string of the molecule is COCCN(CCC(C)=O)CC(C)C. The number of carbonyl (C=O) groups excluding carboxylic acids is 1. The molecule has 0 aliphatic heterocycles. The molecular weight excluding hydrogens is 178 g/mol. The van der Waals surface area contributed by atoms with Gasteiger partial charge in [-0.05, 0) is 12.8 Å². The molecule has 0 atom stereocenters. The molecule has 0 radical (unpaired) electrons. The molecule has 14 heavy (non-hydrogen) atoms. The second kappa shape index (κ2) is 7.94. The van der Waals surface area contributed by atoms with Gasteiger partial charge in [-0.15, -0.1) is 0 Å². The van der Waals surface area contributed by atoms with Gasteiger partial charge < -0.3 is 9.64 Å². The van der Waals surface area contributed by atoms with Crippen LogP contribution in [0.5, 0.6) is 0 Å². The molecule has 0 saturated carbocycles. The largest absolute Gasteiger partial charge is 0.383 e. The third kappa shape index (κ3) is 8.20. The Morgan fingerprint density at radius 3 is 2.43 bits per heavy atom. The van der Waals surface area contributed by atoms with Crippen molar-refractivity contribution in [3.8, 4) is 0 Å². The highest BCUT2D eigenvalue weighted by molar-refractivity contribution is 5.75. The zero-order valence-corrected chi connectivity index (χ0v) is 9.88. The van der Waals surface area contributed by atoms with E-state index in [9.17, 15) is 4.79 Å². The number of Topliss-reactive ketones (excluding diaryl/α,β-unsaturated/α-hetero) is 1. The van der Waals surface area contributed by atoms with Gasteiger partial charge in [-0.2, -0.15) is 0 Å². The van der Waals surface area contributed by atoms with Crippen LogP contribution in [0.4, 0.5) is 0 Å². The second-order valence-electron chi connectivity index (χ2n) is 4.14. The summed E-state index contributed by atoms with van der Waals surface area (Å²) in [5.41, 5.74) is 0. The second-order valence-corrected chi connectivity index (χ2v) is 4.14. The molecule has 0 bridgehead atoms. The van der Waals surface area contributed by atoms with Gasteiger partial charge in [0.2, 0.25) is 0 Å². The first-order valence-electron chi connectivity index (χ1n) is 5.27. The summed E-state index contributed by atoms with van der Waals surface area (Å²) in [6.45, 7) is 9.57. The molecule has 84 valence electrons. The summed E-state index contributed by atoms with van der Waals surface area (Å²) in [6.07, 6.45) is 0.649. The maximum atomic E-state index is 10.8. The topological polar surface area (TPSA) is 29.5 Å². The highest BCUT2D eigenvalue weighted by Crippen LogP contribution is 2.00. The van der Waals surface area contributed by atoms with Crippen LogP contribution < -0.4 is 0 Å². The van der Waals surface area contributed by atoms with Crippen LogP contribution in [-0.4, -0.2) is 44.0 Å². The lowest BCUT2D eigenvalue weighted by Gasteiger charge is -2.23. The molecule has 0 rings (SSSR count). The number of nitrogens with zero attached hydrogens (tertiary/aromatic N) is 1. The van der Waals surface area contributed by atoms with Gasteiger partial charge in [-0.3, -0.25) is 4.79 Å². The lowest BCUT2D eigenvalue weighted by Crippen LogP contribution is -2.32. The molecule has 3 heteroatoms. The zero-order valence-electron chi connectivity index (χ0n) is 9.88. The minimum absolute atomic E-state index is 0.260. The number of ketones is 1. The Kier molecular flexibility index (Phi) is 7.71. The molecule has 0 heterocycles. The highest BCUT2D eigenvalue weighted by Gasteiger charge is 2.07. The average Bonchev–Trinajstić information content (AvgIpc) is 2.09. The lowest BCUT2D eigenvalue weighted by atomic mass is 10.2. The van der Waals surface area contributed by atoms with E-state index in [1.165, 1.54) is 0 Å². The number of rotatable bonds is 8. The van der Waals surface area contributed by atoms with Crippen LogP contribution in [0.3, 0.4) is 0 Å². The Hall–Kier alpha value is -0.410. The van der Waals surface area contributed by atoms with E-state index in [2.05, 4.69) is 18.7 Å². The number of methoxy groups -OCH3 is 1. The first-order chi connectivity index (χ1) is 6.56. The Labute approximate surface area is 87.4 Å². The Morgan fingerprint density at radius 2 is 2.00 bits per heavy atom. The predicted octanol–water partition coefficient (Wildman–Crippen LogP) is 1.57. The van der Waals surface area contributed by atoms with E-state index in [1.54, 1.807) is 14.0 Å². The highest BCUT2D eigenvalue weighted by atomic mass is 16.5. The number of ether oxygens (including phenoxy) is 1. The minimum Gasteiger partial charge on any atom is -0.383 e. The number of hydrogen-bond acceptors (Lipinski definition) is 3. The minimum atomic E-state index is 0.260. The van der Waals surface area contributed by atoms with Gasteiger partial charge in [0.05, 0.1) is 6.61 Å². The molecule has 0 amide bonds. The number of carbonyl (C=O) groups is 1. The van der Waals surface area contributed by atoms with Crippen LogP contribution in [0.1, 0.15) is 27.2 Å². The van der Waals surface area contributed by atoms with E-state index in [1.807, 2.05) is 0 Å². The Morgan fingerprint density at radius 1 is 1.36 bits per heavy atom. The molecule has 3 nitrogen and oxygen atoms in total. The third-order valence-corrected chi connectivity index (χ3v) is 2.02. The van der Waals surface area contributed by atoms with E-state index in [0.717, 1.165) is 26.2 Å². The monoisotopic (exact) mass is 201 g/mol. The van der Waals surface area contributed by atoms with Crippen molar-refractivity contribution in [3.63, 3.8) is 0 Å². The van der Waals surface area contributed by atoms with E-state index >= 15 is 0 Å². The fourth-order valence-corrected chi connectivity index (χ4v) is 1.35. The smallest absolute Gasteiger partial charge is 0.131 e. The van der Waals surface area contributed by atoms with Crippen molar-refractivity contribution in [1.82, 2.24) is 4.90 Å². The van der Waals surface area contributed by atoms with Gasteiger partial charge in [0.15, 0.2) is 0 Å². The van der Waals surface area contributed by atoms with Crippen LogP contribution in [0, 0.1) is 5.92 Å². The van der Waals surface area contributed by atoms with E-state index in [-0.39, 0.29) is 5.78 Å². The van der Waals surface area contributed by atoms with Crippen molar-refractivity contribution in [1.29, 1.82) is 0 Å². The average molecular weight is 201 g/mol. The van der Waals surface area contributed by atoms with Crippen molar-refractivity contribution >= 4 is 5.78 Å². The van der Waals surface area contributed by atoms with Crippen LogP contribution in [0.25, 0.3) is 0 Å². The van der Waals surface area contributed by atoms with Gasteiger partial charge in [-0.1, -0.05) is 13.8 Å². The first kappa shape index (κ1) is 13.6. The van der Waals surface area contributed by atoms with Gasteiger partial charge in [0, 0.05) is 33.2 Å². The van der Waals surface area contributed by atoms with Gasteiger partial charge in [0.1, 0.15) is 5.78 Å². The van der Waals surface area contributed by atoms with Crippen LogP contribution in [0.15, 0.2) is 0 Å². The maximum absolute atomic E-state index is 10.8. The molecule has 0 aromatic carbocycles. The Balaban J connectivity index is 3.77. The quantitative estimate of drug-likeness (QED) is 0.597. The summed E-state index contributed by atoms with van der Waals surface area (Å²) in [5, 5.41) is 0. The molecule has 0 N–H and O–H groups in total. The summed E-state index contributed by atoms with van der Waals surface area (Å²) in [7, 11) is 1.71. The molecule has 0 aromatic rings. The lowest BCUT2D eigenvalue weighted by molar-refractivity contribution is -0.117. The van der Waals surface area contributed by atoms with Gasteiger partial charge >= 0.3 is 0 Å². The normalized spacial score (nSPS) is 11.3. The van der Waals surface area contributed by atoms with Crippen molar-refractivity contribution < 1.29 is 9.53 Å². The molecule has 0 aliphatic rings. The Bertz CT molecular complexity index is 157. The zero-order chi connectivity index (χ0) is 11.0. The molecule has 0 fully saturated rings. The molecule has 0 unspecified atom stereocenters. The van der Waals surface area contributed by atoms with Crippen molar-refractivity contribution in [2.45, 2.75) is 27.2 Å². The third-order valence-electron chi connectivity index (χ3n) is 2.02. The predicted molar refractivity (Wildman–Crippen MR) is 58.5 cm³/mol. The van der Waals surface area contributed by atoms with Crippen molar-refractivity contribution in [3.05, 3.63) is 0 Å². The van der Waals surface area contributed by atoms with Crippen LogP contribution >= 0.6 is 0 Å². The molecule has 0 aromatic heterocycles. The van der Waals surface area contributed by atoms with Crippen molar-refractivity contribution in [2.24, 2.45) is 5.92 Å². The van der Waals surface area contributed by atoms with Crippen LogP contribution in [0.2, 0.25) is 0 Å². The summed E-state index contributed by atoms with van der Waals surface area (Å²) in [5.74, 6) is 0.898. The molecular formula is C11H23NO2. The fraction of sp³-hybridized carbons (Fsp3) is 0.909. The standard InChI is InChI=1S/C11H23NO2/c1-10(2)9-12(7-8-14-4)6-5-11(3)13/h10H,5-9H2,1-4H3. The summed E-state index contributed by atoms with van der Waals surface area (Å²) in [6, 6.07) is 0. The van der Waals surface area contributed by atoms with Gasteiger partial charge in [0.25, 0.3) is 0 Å². The van der Waals surface area contributed by atoms with Crippen LogP contribution in [-0.2, 0) is 9.53 Å². The molecule has 0 saturated heterocycles. The number of hydrogen-bond donors (Lipinski definition) is 0. The summed E-state index contributed by atoms with van der Waals surface area (Å²) < 4.78 is 5.03.